The maximum absolute atomic E-state index is 12.3. The van der Waals surface area contributed by atoms with Crippen LogP contribution in [0.1, 0.15) is 46.5 Å². The highest BCUT2D eigenvalue weighted by Gasteiger charge is 2.09. The summed E-state index contributed by atoms with van der Waals surface area (Å²) < 4.78 is 0. The zero-order valence-corrected chi connectivity index (χ0v) is 18.9. The molecule has 0 aromatic rings. The van der Waals surface area contributed by atoms with Gasteiger partial charge in [-0.3, -0.25) is 4.79 Å². The van der Waals surface area contributed by atoms with Gasteiger partial charge < -0.3 is 15.5 Å². The molecule has 0 unspecified atom stereocenters. The third-order valence-electron chi connectivity index (χ3n) is 4.58. The van der Waals surface area contributed by atoms with Crippen LogP contribution in [0.2, 0.25) is 0 Å². The molecule has 0 aliphatic carbocycles. The maximum atomic E-state index is 12.3. The molecule has 1 rings (SSSR count). The predicted octanol–water partition coefficient (Wildman–Crippen LogP) is 5.02. The Morgan fingerprint density at radius 2 is 1.68 bits per heavy atom. The van der Waals surface area contributed by atoms with Crippen LogP contribution in [0, 0.1) is 0 Å². The number of aliphatic hydroxyl groups excluding tert-OH is 2. The quantitative estimate of drug-likeness (QED) is 0.556. The molecular weight excluding hydrogens is 386 g/mol. The lowest BCUT2D eigenvalue weighted by Crippen LogP contribution is -2.32. The molecular formula is C27H37NO3. The van der Waals surface area contributed by atoms with Gasteiger partial charge in [0.15, 0.2) is 0 Å². The second-order valence-corrected chi connectivity index (χ2v) is 7.63. The van der Waals surface area contributed by atoms with Gasteiger partial charge in [-0.05, 0) is 33.1 Å². The van der Waals surface area contributed by atoms with Gasteiger partial charge in [-0.2, -0.15) is 0 Å². The maximum Gasteiger partial charge on any atom is 0.244 e. The number of aliphatic hydroxyl groups is 2. The molecule has 0 aromatic carbocycles. The topological polar surface area (TPSA) is 69.6 Å². The van der Waals surface area contributed by atoms with Crippen molar-refractivity contribution >= 4 is 5.91 Å². The first-order chi connectivity index (χ1) is 14.9. The van der Waals surface area contributed by atoms with Crippen LogP contribution in [0.4, 0.5) is 0 Å². The summed E-state index contributed by atoms with van der Waals surface area (Å²) in [7, 11) is 0. The van der Waals surface area contributed by atoms with Crippen LogP contribution in [0.5, 0.6) is 0 Å². The standard InChI is InChI=1S/C27H37NO3/c1-4-5-6-7-17-24-18-11-8-14-22(2)15-9-12-19-25(29)26(30)21-23(3)16-10-13-20-27(31)28-24/h6-16,19-21,24-26,29-30H,4-5,17-18H2,1-3H3,(H,28,31)/b7-6+,11-8-,15-9+,16-10+,19-12-,20-13+,22-14+,23-21-/t24-,25-,26+/m1/s1. The van der Waals surface area contributed by atoms with Gasteiger partial charge in [0.25, 0.3) is 0 Å². The van der Waals surface area contributed by atoms with E-state index in [9.17, 15) is 15.0 Å². The highest BCUT2D eigenvalue weighted by atomic mass is 16.3. The van der Waals surface area contributed by atoms with Crippen molar-refractivity contribution in [1.29, 1.82) is 0 Å². The van der Waals surface area contributed by atoms with Gasteiger partial charge in [0, 0.05) is 12.1 Å². The highest BCUT2D eigenvalue weighted by molar-refractivity contribution is 5.88. The molecule has 0 radical (unpaired) electrons. The number of amides is 1. The second kappa shape index (κ2) is 16.1. The van der Waals surface area contributed by atoms with Crippen LogP contribution in [-0.4, -0.2) is 34.4 Å². The van der Waals surface area contributed by atoms with Crippen molar-refractivity contribution < 1.29 is 15.0 Å². The van der Waals surface area contributed by atoms with E-state index in [2.05, 4.69) is 30.5 Å². The van der Waals surface area contributed by atoms with Gasteiger partial charge in [-0.25, -0.2) is 0 Å². The summed E-state index contributed by atoms with van der Waals surface area (Å²) >= 11 is 0. The monoisotopic (exact) mass is 423 g/mol. The molecule has 168 valence electrons. The Labute approximate surface area is 187 Å². The Hall–Kier alpha value is -2.69. The predicted molar refractivity (Wildman–Crippen MR) is 130 cm³/mol. The molecule has 0 saturated heterocycles. The van der Waals surface area contributed by atoms with Gasteiger partial charge >= 0.3 is 0 Å². The van der Waals surface area contributed by atoms with E-state index < -0.39 is 12.2 Å². The van der Waals surface area contributed by atoms with Gasteiger partial charge in [-0.1, -0.05) is 103 Å². The molecule has 1 aliphatic heterocycles. The first-order valence-electron chi connectivity index (χ1n) is 11.0. The minimum atomic E-state index is -1.01. The van der Waals surface area contributed by atoms with Crippen LogP contribution < -0.4 is 5.32 Å². The molecule has 4 nitrogen and oxygen atoms in total. The summed E-state index contributed by atoms with van der Waals surface area (Å²) in [4.78, 5) is 12.3. The normalized spacial score (nSPS) is 32.7. The molecule has 3 atom stereocenters. The summed E-state index contributed by atoms with van der Waals surface area (Å²) in [5.74, 6) is -0.141. The van der Waals surface area contributed by atoms with Crippen molar-refractivity contribution in [3.8, 4) is 0 Å². The Kier molecular flexibility index (Phi) is 13.6. The Morgan fingerprint density at radius 1 is 0.968 bits per heavy atom. The first kappa shape index (κ1) is 26.3. The molecule has 0 fully saturated rings. The third-order valence-corrected chi connectivity index (χ3v) is 4.58. The van der Waals surface area contributed by atoms with Gasteiger partial charge in [0.2, 0.25) is 5.91 Å². The molecule has 0 aromatic heterocycles. The van der Waals surface area contributed by atoms with Gasteiger partial charge in [0.05, 0.1) is 0 Å². The van der Waals surface area contributed by atoms with E-state index in [0.717, 1.165) is 36.8 Å². The molecule has 0 spiro atoms. The van der Waals surface area contributed by atoms with E-state index in [1.807, 2.05) is 38.2 Å². The Bertz CT molecular complexity index is 778. The lowest BCUT2D eigenvalue weighted by Gasteiger charge is -2.14. The summed E-state index contributed by atoms with van der Waals surface area (Å²) in [5.41, 5.74) is 1.84. The number of allylic oxidation sites excluding steroid dienone is 11. The van der Waals surface area contributed by atoms with Crippen LogP contribution in [-0.2, 0) is 4.79 Å². The molecule has 0 saturated carbocycles. The molecule has 1 aliphatic rings. The van der Waals surface area contributed by atoms with Crippen molar-refractivity contribution in [3.05, 3.63) is 96.2 Å². The SMILES string of the molecule is CCC/C=C/C[C@@H]1C\C=C/C=C(C)/C=C/C=C\[C@@H](O)[C@@H](O)\C=C(C)/C=C/C=C/C(=O)N1. The van der Waals surface area contributed by atoms with E-state index in [1.54, 1.807) is 36.5 Å². The van der Waals surface area contributed by atoms with E-state index >= 15 is 0 Å². The fourth-order valence-electron chi connectivity index (χ4n) is 2.80. The zero-order valence-electron chi connectivity index (χ0n) is 18.9. The van der Waals surface area contributed by atoms with Crippen molar-refractivity contribution in [3.63, 3.8) is 0 Å². The van der Waals surface area contributed by atoms with E-state index in [1.165, 1.54) is 6.08 Å². The summed E-state index contributed by atoms with van der Waals surface area (Å²) in [5, 5.41) is 23.2. The smallest absolute Gasteiger partial charge is 0.244 e. The number of carbonyl (C=O) groups is 1. The van der Waals surface area contributed by atoms with Crippen molar-refractivity contribution in [2.45, 2.75) is 64.7 Å². The average Bonchev–Trinajstić information content (AvgIpc) is 2.73. The number of hydrogen-bond donors (Lipinski definition) is 3. The first-order valence-corrected chi connectivity index (χ1v) is 11.0. The van der Waals surface area contributed by atoms with Gasteiger partial charge in [0.1, 0.15) is 12.2 Å². The minimum absolute atomic E-state index is 0.0292. The largest absolute Gasteiger partial charge is 0.386 e. The molecule has 3 N–H and O–H groups in total. The fraction of sp³-hybridized carbons (Fsp3) is 0.370. The van der Waals surface area contributed by atoms with Crippen LogP contribution >= 0.6 is 0 Å². The minimum Gasteiger partial charge on any atom is -0.386 e. The van der Waals surface area contributed by atoms with Gasteiger partial charge in [-0.15, -0.1) is 0 Å². The molecule has 4 heteroatoms. The van der Waals surface area contributed by atoms with Crippen LogP contribution in [0.3, 0.4) is 0 Å². The number of hydrogen-bond acceptors (Lipinski definition) is 3. The molecule has 1 heterocycles. The molecule has 31 heavy (non-hydrogen) atoms. The van der Waals surface area contributed by atoms with Crippen LogP contribution in [0.25, 0.3) is 0 Å². The van der Waals surface area contributed by atoms with Crippen molar-refractivity contribution in [1.82, 2.24) is 5.32 Å². The zero-order chi connectivity index (χ0) is 22.9. The number of carbonyl (C=O) groups excluding carboxylic acids is 1. The van der Waals surface area contributed by atoms with E-state index in [0.29, 0.717) is 0 Å². The number of nitrogens with one attached hydrogen (secondary N) is 1. The Balaban J connectivity index is 3.01. The Morgan fingerprint density at radius 3 is 2.45 bits per heavy atom. The van der Waals surface area contributed by atoms with Crippen LogP contribution in [0.15, 0.2) is 96.2 Å². The number of unbranched alkanes of at least 4 members (excludes halogenated alkanes) is 1. The lowest BCUT2D eigenvalue weighted by molar-refractivity contribution is -0.117. The lowest BCUT2D eigenvalue weighted by atomic mass is 10.1. The number of rotatable bonds is 4. The third kappa shape index (κ3) is 13.3. The van der Waals surface area contributed by atoms with E-state index in [4.69, 9.17) is 0 Å². The molecule has 0 bridgehead atoms. The van der Waals surface area contributed by atoms with E-state index in [-0.39, 0.29) is 11.9 Å². The summed E-state index contributed by atoms with van der Waals surface area (Å²) in [6.07, 6.45) is 27.3. The average molecular weight is 424 g/mol. The van der Waals surface area contributed by atoms with Crippen molar-refractivity contribution in [2.75, 3.05) is 0 Å². The second-order valence-electron chi connectivity index (χ2n) is 7.63. The highest BCUT2D eigenvalue weighted by Crippen LogP contribution is 2.06. The van der Waals surface area contributed by atoms with Crippen molar-refractivity contribution in [2.24, 2.45) is 0 Å². The summed E-state index contributed by atoms with van der Waals surface area (Å²) in [6, 6.07) is 0.0292. The fourth-order valence-corrected chi connectivity index (χ4v) is 2.80. The summed E-state index contributed by atoms with van der Waals surface area (Å²) in [6.45, 7) is 5.96. The molecule has 1 amide bonds.